The van der Waals surface area contributed by atoms with Gasteiger partial charge in [0.1, 0.15) is 10.7 Å². The fourth-order valence-corrected chi connectivity index (χ4v) is 1.51. The van der Waals surface area contributed by atoms with Crippen LogP contribution in [0.3, 0.4) is 0 Å². The van der Waals surface area contributed by atoms with Gasteiger partial charge in [0.2, 0.25) is 0 Å². The Kier molecular flexibility index (Phi) is 1.39. The zero-order valence-electron chi connectivity index (χ0n) is 5.32. The highest BCUT2D eigenvalue weighted by molar-refractivity contribution is 7.11. The molecule has 0 bridgehead atoms. The topological polar surface area (TPSA) is 39.4 Å². The van der Waals surface area contributed by atoms with Crippen LogP contribution in [-0.4, -0.2) is 17.2 Å². The third-order valence-electron chi connectivity index (χ3n) is 1.32. The van der Waals surface area contributed by atoms with Crippen LogP contribution in [0.2, 0.25) is 0 Å². The monoisotopic (exact) mass is 152 g/mol. The van der Waals surface area contributed by atoms with Gasteiger partial charge in [0, 0.05) is 18.0 Å². The number of hydrogen-bond donors (Lipinski definition) is 0. The molecule has 0 fully saturated rings. The van der Waals surface area contributed by atoms with E-state index in [9.17, 15) is 0 Å². The van der Waals surface area contributed by atoms with Gasteiger partial charge in [-0.1, -0.05) is 0 Å². The van der Waals surface area contributed by atoms with Crippen LogP contribution >= 0.6 is 11.3 Å². The first-order valence-corrected chi connectivity index (χ1v) is 3.98. The molecular formula is C6H6N3S. The van der Waals surface area contributed by atoms with Crippen LogP contribution < -0.4 is 5.43 Å². The second kappa shape index (κ2) is 2.38. The lowest BCUT2D eigenvalue weighted by molar-refractivity contribution is 0.795. The summed E-state index contributed by atoms with van der Waals surface area (Å²) in [5.41, 5.74) is 4.91. The summed E-state index contributed by atoms with van der Waals surface area (Å²) in [6.45, 7) is 0.828. The molecule has 1 aromatic rings. The van der Waals surface area contributed by atoms with Crippen molar-refractivity contribution in [2.75, 3.05) is 6.54 Å². The van der Waals surface area contributed by atoms with Crippen molar-refractivity contribution in [1.82, 2.24) is 10.4 Å². The molecule has 0 saturated heterocycles. The van der Waals surface area contributed by atoms with Gasteiger partial charge in [-0.2, -0.15) is 10.5 Å². The van der Waals surface area contributed by atoms with Crippen molar-refractivity contribution >= 4 is 17.0 Å². The Morgan fingerprint density at radius 3 is 3.10 bits per heavy atom. The van der Waals surface area contributed by atoms with Gasteiger partial charge in [-0.25, -0.2) is 4.98 Å². The molecule has 1 aliphatic rings. The first-order chi connectivity index (χ1) is 4.97. The van der Waals surface area contributed by atoms with Gasteiger partial charge in [0.15, 0.2) is 0 Å². The lowest BCUT2D eigenvalue weighted by Crippen LogP contribution is -1.95. The molecule has 2 heterocycles. The Hall–Kier alpha value is -0.900. The van der Waals surface area contributed by atoms with Gasteiger partial charge in [-0.15, -0.1) is 11.3 Å². The average molecular weight is 152 g/mol. The Labute approximate surface area is 62.8 Å². The van der Waals surface area contributed by atoms with Crippen LogP contribution in [0.25, 0.3) is 0 Å². The SMILES string of the molecule is c1csc(C2=N[N]CC2)n1. The zero-order valence-corrected chi connectivity index (χ0v) is 6.14. The minimum atomic E-state index is 0.828. The van der Waals surface area contributed by atoms with Gasteiger partial charge < -0.3 is 0 Å². The summed E-state index contributed by atoms with van der Waals surface area (Å²) < 4.78 is 0. The summed E-state index contributed by atoms with van der Waals surface area (Å²) in [6, 6.07) is 0. The largest absolute Gasteiger partial charge is 0.243 e. The number of thiazole rings is 1. The molecule has 0 aliphatic carbocycles. The number of hydrogen-bond acceptors (Lipinski definition) is 3. The maximum Gasteiger partial charge on any atom is 0.139 e. The Bertz CT molecular complexity index is 240. The summed E-state index contributed by atoms with van der Waals surface area (Å²) in [4.78, 5) is 4.13. The Balaban J connectivity index is 2.28. The molecule has 51 valence electrons. The van der Waals surface area contributed by atoms with Gasteiger partial charge >= 0.3 is 0 Å². The zero-order chi connectivity index (χ0) is 6.81. The molecule has 0 spiro atoms. The fourth-order valence-electron chi connectivity index (χ4n) is 0.857. The van der Waals surface area contributed by atoms with Gasteiger partial charge in [0.25, 0.3) is 0 Å². The van der Waals surface area contributed by atoms with Crippen molar-refractivity contribution in [2.45, 2.75) is 6.42 Å². The first-order valence-electron chi connectivity index (χ1n) is 3.10. The van der Waals surface area contributed by atoms with Crippen LogP contribution in [-0.2, 0) is 0 Å². The quantitative estimate of drug-likeness (QED) is 0.588. The van der Waals surface area contributed by atoms with Gasteiger partial charge in [0.05, 0.1) is 6.54 Å². The summed E-state index contributed by atoms with van der Waals surface area (Å²) in [6.07, 6.45) is 2.74. The molecule has 1 aromatic heterocycles. The minimum absolute atomic E-state index is 0.828. The van der Waals surface area contributed by atoms with E-state index in [0.29, 0.717) is 0 Å². The van der Waals surface area contributed by atoms with Crippen molar-refractivity contribution in [3.8, 4) is 0 Å². The molecule has 1 radical (unpaired) electrons. The highest BCUT2D eigenvalue weighted by atomic mass is 32.1. The normalized spacial score (nSPS) is 16.6. The average Bonchev–Trinajstić information content (AvgIpc) is 2.59. The van der Waals surface area contributed by atoms with Gasteiger partial charge in [-0.05, 0) is 0 Å². The van der Waals surface area contributed by atoms with E-state index in [0.717, 1.165) is 23.7 Å². The van der Waals surface area contributed by atoms with Crippen molar-refractivity contribution < 1.29 is 0 Å². The molecule has 2 rings (SSSR count). The van der Waals surface area contributed by atoms with E-state index in [2.05, 4.69) is 15.5 Å². The van der Waals surface area contributed by atoms with Crippen LogP contribution in [0, 0.1) is 0 Å². The lowest BCUT2D eigenvalue weighted by atomic mass is 10.3. The molecule has 0 aromatic carbocycles. The molecule has 0 N–H and O–H groups in total. The van der Waals surface area contributed by atoms with E-state index in [1.165, 1.54) is 0 Å². The van der Waals surface area contributed by atoms with Crippen LogP contribution in [0.4, 0.5) is 0 Å². The van der Waals surface area contributed by atoms with Crippen LogP contribution in [0.5, 0.6) is 0 Å². The Morgan fingerprint density at radius 1 is 1.50 bits per heavy atom. The van der Waals surface area contributed by atoms with E-state index < -0.39 is 0 Å². The van der Waals surface area contributed by atoms with E-state index in [1.807, 2.05) is 5.38 Å². The second-order valence-corrected chi connectivity index (χ2v) is 2.89. The smallest absolute Gasteiger partial charge is 0.139 e. The molecule has 10 heavy (non-hydrogen) atoms. The van der Waals surface area contributed by atoms with E-state index in [4.69, 9.17) is 0 Å². The fraction of sp³-hybridized carbons (Fsp3) is 0.333. The molecule has 0 unspecified atom stereocenters. The number of aromatic nitrogens is 1. The van der Waals surface area contributed by atoms with Crippen molar-refractivity contribution in [1.29, 1.82) is 0 Å². The molecule has 0 saturated carbocycles. The highest BCUT2D eigenvalue weighted by Gasteiger charge is 2.11. The highest BCUT2D eigenvalue weighted by Crippen LogP contribution is 2.10. The third-order valence-corrected chi connectivity index (χ3v) is 2.14. The number of nitrogens with zero attached hydrogens (tertiary/aromatic N) is 3. The third kappa shape index (κ3) is 0.903. The van der Waals surface area contributed by atoms with Crippen molar-refractivity contribution in [2.24, 2.45) is 5.10 Å². The molecule has 1 aliphatic heterocycles. The van der Waals surface area contributed by atoms with E-state index >= 15 is 0 Å². The molecule has 4 heteroatoms. The summed E-state index contributed by atoms with van der Waals surface area (Å²) in [7, 11) is 0. The maximum absolute atomic E-state index is 4.13. The summed E-state index contributed by atoms with van der Waals surface area (Å²) in [5.74, 6) is 0. The van der Waals surface area contributed by atoms with E-state index in [-0.39, 0.29) is 0 Å². The van der Waals surface area contributed by atoms with Crippen molar-refractivity contribution in [3.63, 3.8) is 0 Å². The maximum atomic E-state index is 4.13. The molecule has 0 amide bonds. The Morgan fingerprint density at radius 2 is 2.50 bits per heavy atom. The predicted molar refractivity (Wildman–Crippen MR) is 40.3 cm³/mol. The minimum Gasteiger partial charge on any atom is -0.243 e. The van der Waals surface area contributed by atoms with E-state index in [1.54, 1.807) is 17.5 Å². The number of rotatable bonds is 1. The summed E-state index contributed by atoms with van der Waals surface area (Å²) >= 11 is 1.62. The van der Waals surface area contributed by atoms with Crippen LogP contribution in [0.1, 0.15) is 11.4 Å². The second-order valence-electron chi connectivity index (χ2n) is 2.00. The molecule has 0 atom stereocenters. The lowest BCUT2D eigenvalue weighted by Gasteiger charge is -1.86. The molecular weight excluding hydrogens is 146 g/mol. The summed E-state index contributed by atoms with van der Waals surface area (Å²) in [5, 5.41) is 6.94. The van der Waals surface area contributed by atoms with Crippen LogP contribution in [0.15, 0.2) is 16.7 Å². The predicted octanol–water partition coefficient (Wildman–Crippen LogP) is 0.855. The van der Waals surface area contributed by atoms with Gasteiger partial charge in [-0.3, -0.25) is 0 Å². The van der Waals surface area contributed by atoms with Crippen molar-refractivity contribution in [3.05, 3.63) is 16.6 Å². The first kappa shape index (κ1) is 5.85. The molecule has 3 nitrogen and oxygen atoms in total. The standard InChI is InChI=1S/C6H6N3S/c1-2-8-9-5(1)6-7-3-4-10-6/h3-4H,1-2H2.